The van der Waals surface area contributed by atoms with Gasteiger partial charge in [-0.05, 0) is 20.8 Å². The number of rotatable bonds is 10. The third-order valence-corrected chi connectivity index (χ3v) is 3.04. The fraction of sp³-hybridized carbons (Fsp3) is 0.550. The molecule has 12 nitrogen and oxygen atoms in total. The molecule has 0 bridgehead atoms. The van der Waals surface area contributed by atoms with Crippen LogP contribution in [-0.2, 0) is 19.1 Å². The van der Waals surface area contributed by atoms with Gasteiger partial charge in [-0.25, -0.2) is 14.4 Å². The number of ether oxygens (including phenoxy) is 1. The second-order valence-corrected chi connectivity index (χ2v) is 6.52. The van der Waals surface area contributed by atoms with E-state index >= 15 is 0 Å². The maximum absolute atomic E-state index is 10.6. The molecular weight excluding hydrogens is 432 g/mol. The standard InChI is InChI=1S/C7H12O4.C5H12O4.2C4H6O2/c1-5(2)7(10)11-4-6(9)3-8;6-1-5(2-7,3-8)4-9;2*1-3(2)4(5)6/h6,8-9H,1,3-4H2,2H3;6-9H,1-4H2;2*1H2,2H3,(H,5,6). The Labute approximate surface area is 187 Å². The number of aliphatic carboxylic acids is 2. The molecule has 12 heteroatoms. The third kappa shape index (κ3) is 23.7. The first kappa shape index (κ1) is 36.7. The zero-order valence-electron chi connectivity index (χ0n) is 18.7. The summed E-state index contributed by atoms with van der Waals surface area (Å²) in [5, 5.41) is 66.8. The van der Waals surface area contributed by atoms with E-state index in [9.17, 15) is 14.4 Å². The monoisotopic (exact) mass is 468 g/mol. The predicted molar refractivity (Wildman–Crippen MR) is 115 cm³/mol. The summed E-state index contributed by atoms with van der Waals surface area (Å²) < 4.78 is 4.51. The van der Waals surface area contributed by atoms with Gasteiger partial charge in [-0.2, -0.15) is 0 Å². The number of carboxylic acid groups (broad SMARTS) is 2. The molecule has 0 saturated carbocycles. The van der Waals surface area contributed by atoms with Crippen molar-refractivity contribution in [3.8, 4) is 0 Å². The largest absolute Gasteiger partial charge is 0.478 e. The first-order chi connectivity index (χ1) is 14.6. The lowest BCUT2D eigenvalue weighted by molar-refractivity contribution is -0.142. The fourth-order valence-corrected chi connectivity index (χ4v) is 0.648. The van der Waals surface area contributed by atoms with Gasteiger partial charge in [-0.3, -0.25) is 0 Å². The van der Waals surface area contributed by atoms with Crippen LogP contribution >= 0.6 is 0 Å². The molecule has 0 aliphatic carbocycles. The number of carbonyl (C=O) groups excluding carboxylic acids is 1. The van der Waals surface area contributed by atoms with Gasteiger partial charge >= 0.3 is 17.9 Å². The van der Waals surface area contributed by atoms with Crippen LogP contribution in [0.3, 0.4) is 0 Å². The number of aliphatic hydroxyl groups is 6. The van der Waals surface area contributed by atoms with E-state index in [2.05, 4.69) is 24.5 Å². The highest BCUT2D eigenvalue weighted by molar-refractivity contribution is 5.87. The molecule has 0 aliphatic heterocycles. The van der Waals surface area contributed by atoms with Gasteiger partial charge in [0.25, 0.3) is 0 Å². The lowest BCUT2D eigenvalue weighted by atomic mass is 9.93. The Bertz CT molecular complexity index is 528. The molecule has 32 heavy (non-hydrogen) atoms. The van der Waals surface area contributed by atoms with Crippen LogP contribution in [0, 0.1) is 5.41 Å². The molecule has 0 rings (SSSR count). The molecular formula is C20H36O12. The minimum atomic E-state index is -1.11. The number of hydrogen-bond acceptors (Lipinski definition) is 10. The van der Waals surface area contributed by atoms with E-state index < -0.39 is 62.5 Å². The van der Waals surface area contributed by atoms with Crippen molar-refractivity contribution in [1.82, 2.24) is 0 Å². The fourth-order valence-electron chi connectivity index (χ4n) is 0.648. The van der Waals surface area contributed by atoms with Gasteiger partial charge in [0.1, 0.15) is 12.7 Å². The summed E-state index contributed by atoms with van der Waals surface area (Å²) in [6.07, 6.45) is -1.00. The van der Waals surface area contributed by atoms with Gasteiger partial charge in [-0.15, -0.1) is 0 Å². The zero-order valence-corrected chi connectivity index (χ0v) is 18.7. The quantitative estimate of drug-likeness (QED) is 0.138. The smallest absolute Gasteiger partial charge is 0.333 e. The Hall–Kier alpha value is -2.61. The Morgan fingerprint density at radius 3 is 1.16 bits per heavy atom. The Morgan fingerprint density at radius 2 is 1.03 bits per heavy atom. The zero-order chi connectivity index (χ0) is 26.5. The lowest BCUT2D eigenvalue weighted by Gasteiger charge is -2.23. The normalized spacial score (nSPS) is 10.4. The first-order valence-corrected chi connectivity index (χ1v) is 8.93. The van der Waals surface area contributed by atoms with Crippen LogP contribution in [-0.4, -0.2) is 105 Å². The van der Waals surface area contributed by atoms with E-state index in [4.69, 9.17) is 40.9 Å². The van der Waals surface area contributed by atoms with Crippen LogP contribution in [0.5, 0.6) is 0 Å². The van der Waals surface area contributed by atoms with Gasteiger partial charge < -0.3 is 45.6 Å². The average Bonchev–Trinajstić information content (AvgIpc) is 2.74. The number of carbonyl (C=O) groups is 3. The van der Waals surface area contributed by atoms with Crippen LogP contribution in [0.2, 0.25) is 0 Å². The maximum atomic E-state index is 10.6. The lowest BCUT2D eigenvalue weighted by Crippen LogP contribution is -2.37. The number of carboxylic acids is 2. The van der Waals surface area contributed by atoms with Gasteiger partial charge in [0.15, 0.2) is 0 Å². The number of esters is 1. The van der Waals surface area contributed by atoms with Crippen molar-refractivity contribution < 1.29 is 60.0 Å². The minimum Gasteiger partial charge on any atom is -0.478 e. The van der Waals surface area contributed by atoms with Crippen molar-refractivity contribution >= 4 is 17.9 Å². The summed E-state index contributed by atoms with van der Waals surface area (Å²) in [6.45, 7) is 11.8. The van der Waals surface area contributed by atoms with Gasteiger partial charge in [0, 0.05) is 16.7 Å². The molecule has 0 aromatic rings. The van der Waals surface area contributed by atoms with E-state index in [-0.39, 0.29) is 23.3 Å². The Morgan fingerprint density at radius 1 is 0.750 bits per heavy atom. The van der Waals surface area contributed by atoms with E-state index in [1.807, 2.05) is 0 Å². The van der Waals surface area contributed by atoms with Crippen molar-refractivity contribution in [2.24, 2.45) is 5.41 Å². The van der Waals surface area contributed by atoms with Crippen molar-refractivity contribution in [2.75, 3.05) is 39.6 Å². The van der Waals surface area contributed by atoms with Crippen LogP contribution in [0.1, 0.15) is 20.8 Å². The predicted octanol–water partition coefficient (Wildman–Crippen LogP) is -1.30. The highest BCUT2D eigenvalue weighted by Gasteiger charge is 2.26. The molecule has 0 saturated heterocycles. The maximum Gasteiger partial charge on any atom is 0.333 e. The molecule has 0 fully saturated rings. The van der Waals surface area contributed by atoms with Crippen LogP contribution in [0.25, 0.3) is 0 Å². The average molecular weight is 468 g/mol. The highest BCUT2D eigenvalue weighted by atomic mass is 16.5. The second kappa shape index (κ2) is 21.6. The van der Waals surface area contributed by atoms with Crippen molar-refractivity contribution in [2.45, 2.75) is 26.9 Å². The van der Waals surface area contributed by atoms with Crippen molar-refractivity contribution in [3.63, 3.8) is 0 Å². The van der Waals surface area contributed by atoms with E-state index in [1.165, 1.54) is 20.8 Å². The summed E-state index contributed by atoms with van der Waals surface area (Å²) in [4.78, 5) is 29.8. The van der Waals surface area contributed by atoms with Crippen LogP contribution in [0.15, 0.2) is 36.5 Å². The summed E-state index contributed by atoms with van der Waals surface area (Å²) >= 11 is 0. The molecule has 0 aliphatic rings. The minimum absolute atomic E-state index is 0.176. The number of hydrogen-bond donors (Lipinski definition) is 8. The van der Waals surface area contributed by atoms with E-state index in [0.717, 1.165) is 0 Å². The summed E-state index contributed by atoms with van der Waals surface area (Å²) in [6, 6.07) is 0. The molecule has 1 atom stereocenters. The van der Waals surface area contributed by atoms with Crippen molar-refractivity contribution in [1.29, 1.82) is 0 Å². The summed E-state index contributed by atoms with van der Waals surface area (Å²) in [5.74, 6) is -2.43. The molecule has 1 unspecified atom stereocenters. The third-order valence-electron chi connectivity index (χ3n) is 3.04. The molecule has 0 amide bonds. The Kier molecular flexibility index (Phi) is 24.8. The number of aliphatic hydroxyl groups excluding tert-OH is 6. The van der Waals surface area contributed by atoms with Gasteiger partial charge in [0.2, 0.25) is 0 Å². The molecule has 8 N–H and O–H groups in total. The second-order valence-electron chi connectivity index (χ2n) is 6.52. The molecule has 188 valence electrons. The van der Waals surface area contributed by atoms with Crippen LogP contribution < -0.4 is 0 Å². The SMILES string of the molecule is C=C(C)C(=O)O.C=C(C)C(=O)O.C=C(C)C(=O)OCC(O)CO.OCC(CO)(CO)CO. The summed E-state index contributed by atoms with van der Waals surface area (Å²) in [7, 11) is 0. The topological polar surface area (TPSA) is 222 Å². The molecule has 0 spiro atoms. The van der Waals surface area contributed by atoms with E-state index in [1.54, 1.807) is 0 Å². The molecule has 0 heterocycles. The summed E-state index contributed by atoms with van der Waals surface area (Å²) in [5.41, 5.74) is -0.486. The van der Waals surface area contributed by atoms with Crippen molar-refractivity contribution in [3.05, 3.63) is 36.5 Å². The Balaban J connectivity index is -0.000000169. The first-order valence-electron chi connectivity index (χ1n) is 8.93. The van der Waals surface area contributed by atoms with Gasteiger partial charge in [-0.1, -0.05) is 19.7 Å². The molecule has 0 aromatic heterocycles. The highest BCUT2D eigenvalue weighted by Crippen LogP contribution is 2.11. The van der Waals surface area contributed by atoms with Crippen LogP contribution in [0.4, 0.5) is 0 Å². The molecule has 0 aromatic carbocycles. The van der Waals surface area contributed by atoms with Gasteiger partial charge in [0.05, 0.1) is 38.4 Å². The van der Waals surface area contributed by atoms with E-state index in [0.29, 0.717) is 0 Å². The molecule has 0 radical (unpaired) electrons.